The van der Waals surface area contributed by atoms with Gasteiger partial charge in [0.25, 0.3) is 0 Å². The minimum atomic E-state index is 0.321. The maximum absolute atomic E-state index is 4.40. The lowest BCUT2D eigenvalue weighted by molar-refractivity contribution is -0.993. The molecule has 1 aromatic heterocycles. The number of hydrogen-bond donors (Lipinski definition) is 2. The van der Waals surface area contributed by atoms with E-state index >= 15 is 0 Å². The summed E-state index contributed by atoms with van der Waals surface area (Å²) in [6.45, 7) is 5.14. The summed E-state index contributed by atoms with van der Waals surface area (Å²) < 4.78 is 0. The van der Waals surface area contributed by atoms with Crippen LogP contribution in [0.2, 0.25) is 0 Å². The van der Waals surface area contributed by atoms with Gasteiger partial charge in [0.2, 0.25) is 0 Å². The summed E-state index contributed by atoms with van der Waals surface area (Å²) in [4.78, 5) is 10.5. The van der Waals surface area contributed by atoms with Crippen LogP contribution in [0.25, 0.3) is 0 Å². The first-order valence-corrected chi connectivity index (χ1v) is 8.25. The molecule has 4 rings (SSSR count). The van der Waals surface area contributed by atoms with E-state index in [4.69, 9.17) is 0 Å². The van der Waals surface area contributed by atoms with E-state index in [1.54, 1.807) is 4.90 Å². The summed E-state index contributed by atoms with van der Waals surface area (Å²) in [6, 6.07) is 1.90. The Hall–Kier alpha value is -1.00. The summed E-state index contributed by atoms with van der Waals surface area (Å²) in [5.41, 5.74) is 0.321. The number of rotatable bonds is 1. The second kappa shape index (κ2) is 6.64. The fourth-order valence-electron chi connectivity index (χ4n) is 3.78. The van der Waals surface area contributed by atoms with Gasteiger partial charge in [-0.1, -0.05) is 12.8 Å². The van der Waals surface area contributed by atoms with Crippen molar-refractivity contribution in [1.29, 1.82) is 0 Å². The zero-order chi connectivity index (χ0) is 13.7. The van der Waals surface area contributed by atoms with E-state index in [1.807, 2.05) is 18.5 Å². The Balaban J connectivity index is 0.000000147. The molecule has 4 nitrogen and oxygen atoms in total. The second-order valence-corrected chi connectivity index (χ2v) is 6.28. The van der Waals surface area contributed by atoms with Gasteiger partial charge in [-0.25, -0.2) is 9.97 Å². The Morgan fingerprint density at radius 1 is 0.900 bits per heavy atom. The van der Waals surface area contributed by atoms with Crippen LogP contribution in [-0.4, -0.2) is 36.1 Å². The third-order valence-electron chi connectivity index (χ3n) is 5.06. The minimum Gasteiger partial charge on any atom is -0.323 e. The topological polar surface area (TPSA) is 42.2 Å². The highest BCUT2D eigenvalue weighted by Crippen LogP contribution is 2.31. The van der Waals surface area contributed by atoms with Gasteiger partial charge in [0.15, 0.2) is 11.4 Å². The van der Waals surface area contributed by atoms with Crippen LogP contribution in [0.3, 0.4) is 0 Å². The lowest BCUT2D eigenvalue weighted by Gasteiger charge is -2.42. The van der Waals surface area contributed by atoms with Crippen LogP contribution in [0.4, 0.5) is 0 Å². The van der Waals surface area contributed by atoms with Crippen molar-refractivity contribution in [2.45, 2.75) is 50.5 Å². The largest absolute Gasteiger partial charge is 0.323 e. The summed E-state index contributed by atoms with van der Waals surface area (Å²) in [7, 11) is 0. The molecule has 0 radical (unpaired) electrons. The predicted octanol–water partition coefficient (Wildman–Crippen LogP) is 0.904. The third-order valence-corrected chi connectivity index (χ3v) is 5.06. The van der Waals surface area contributed by atoms with Crippen LogP contribution >= 0.6 is 0 Å². The molecule has 0 aliphatic carbocycles. The molecule has 3 aliphatic heterocycles. The molecule has 20 heavy (non-hydrogen) atoms. The first-order valence-electron chi connectivity index (χ1n) is 8.25. The molecule has 110 valence electrons. The molecule has 2 atom stereocenters. The first-order chi connectivity index (χ1) is 9.92. The van der Waals surface area contributed by atoms with Crippen LogP contribution in [-0.2, 0) is 5.54 Å². The summed E-state index contributed by atoms with van der Waals surface area (Å²) in [5.74, 6) is 1.08. The van der Waals surface area contributed by atoms with Gasteiger partial charge in [0.05, 0.1) is 19.5 Å². The molecule has 0 amide bonds. The van der Waals surface area contributed by atoms with Crippen molar-refractivity contribution in [1.82, 2.24) is 15.3 Å². The van der Waals surface area contributed by atoms with Crippen molar-refractivity contribution < 1.29 is 4.90 Å². The van der Waals surface area contributed by atoms with Gasteiger partial charge in [0.1, 0.15) is 0 Å². The average molecular weight is 275 g/mol. The Morgan fingerprint density at radius 2 is 1.65 bits per heavy atom. The second-order valence-electron chi connectivity index (χ2n) is 6.28. The molecule has 1 aromatic rings. The van der Waals surface area contributed by atoms with E-state index in [0.29, 0.717) is 5.54 Å². The fraction of sp³-hybridized carbons (Fsp3) is 0.750. The quantitative estimate of drug-likeness (QED) is 0.800. The summed E-state index contributed by atoms with van der Waals surface area (Å²) in [6.07, 6.45) is 13.3. The van der Waals surface area contributed by atoms with Crippen molar-refractivity contribution in [3.8, 4) is 0 Å². The maximum atomic E-state index is 4.40. The van der Waals surface area contributed by atoms with Gasteiger partial charge < -0.3 is 10.2 Å². The normalized spacial score (nSPS) is 32.3. The Bertz CT molecular complexity index is 389. The van der Waals surface area contributed by atoms with Crippen LogP contribution in [0.15, 0.2) is 18.5 Å². The monoisotopic (exact) mass is 275 g/mol. The molecule has 3 fully saturated rings. The smallest absolute Gasteiger partial charge is 0.190 e. The molecule has 3 saturated heterocycles. The van der Waals surface area contributed by atoms with Gasteiger partial charge in [-0.05, 0) is 32.0 Å². The zero-order valence-electron chi connectivity index (χ0n) is 12.4. The van der Waals surface area contributed by atoms with Crippen molar-refractivity contribution in [2.75, 3.05) is 26.2 Å². The number of quaternary nitrogens is 1. The molecule has 0 aromatic carbocycles. The Morgan fingerprint density at radius 3 is 2.25 bits per heavy atom. The standard InChI is InChI=1S/C10H13N3.C6H13N/c1-3-10(4-8-13(10)7-1)9-11-5-2-6-12-9;1-2-4-6-7-5-3-1/h2,5-6H,1,3-4,7-8H2;7H,1-6H2/p+1. The van der Waals surface area contributed by atoms with Crippen molar-refractivity contribution in [2.24, 2.45) is 0 Å². The van der Waals surface area contributed by atoms with Crippen molar-refractivity contribution in [3.63, 3.8) is 0 Å². The summed E-state index contributed by atoms with van der Waals surface area (Å²) >= 11 is 0. The van der Waals surface area contributed by atoms with E-state index in [2.05, 4.69) is 15.3 Å². The molecule has 2 N–H and O–H groups in total. The zero-order valence-corrected chi connectivity index (χ0v) is 12.4. The molecule has 4 heterocycles. The molecule has 4 heteroatoms. The molecular formula is C16H27N4+. The van der Waals surface area contributed by atoms with Crippen LogP contribution < -0.4 is 10.2 Å². The summed E-state index contributed by atoms with van der Waals surface area (Å²) in [5, 5.41) is 3.35. The highest BCUT2D eigenvalue weighted by Gasteiger charge is 2.56. The van der Waals surface area contributed by atoms with E-state index in [9.17, 15) is 0 Å². The number of aromatic nitrogens is 2. The number of hydrogen-bond acceptors (Lipinski definition) is 3. The highest BCUT2D eigenvalue weighted by atomic mass is 15.3. The number of nitrogens with one attached hydrogen (secondary N) is 2. The SMILES string of the molecule is C1CCCNCC1.c1cnc(C23CCC[NH+]2CC3)nc1. The fourth-order valence-corrected chi connectivity index (χ4v) is 3.78. The molecule has 3 aliphatic rings. The maximum Gasteiger partial charge on any atom is 0.190 e. The van der Waals surface area contributed by atoms with Gasteiger partial charge >= 0.3 is 0 Å². The van der Waals surface area contributed by atoms with Gasteiger partial charge in [-0.2, -0.15) is 0 Å². The van der Waals surface area contributed by atoms with Crippen LogP contribution in [0.1, 0.15) is 50.8 Å². The lowest BCUT2D eigenvalue weighted by atomic mass is 9.84. The van der Waals surface area contributed by atoms with Crippen molar-refractivity contribution in [3.05, 3.63) is 24.3 Å². The molecule has 0 saturated carbocycles. The van der Waals surface area contributed by atoms with E-state index in [-0.39, 0.29) is 0 Å². The Kier molecular flexibility index (Phi) is 4.63. The van der Waals surface area contributed by atoms with Gasteiger partial charge in [-0.15, -0.1) is 0 Å². The molecule has 0 spiro atoms. The predicted molar refractivity (Wildman–Crippen MR) is 79.6 cm³/mol. The van der Waals surface area contributed by atoms with E-state index in [0.717, 1.165) is 5.82 Å². The highest BCUT2D eigenvalue weighted by molar-refractivity contribution is 5.06. The average Bonchev–Trinajstić information content (AvgIpc) is 2.70. The third kappa shape index (κ3) is 2.86. The molecule has 2 unspecified atom stereocenters. The first kappa shape index (κ1) is 14.0. The van der Waals surface area contributed by atoms with Crippen LogP contribution in [0, 0.1) is 0 Å². The molecule has 0 bridgehead atoms. The Labute approximate surface area is 122 Å². The molecular weight excluding hydrogens is 248 g/mol. The van der Waals surface area contributed by atoms with Crippen LogP contribution in [0.5, 0.6) is 0 Å². The van der Waals surface area contributed by atoms with Crippen molar-refractivity contribution >= 4 is 0 Å². The van der Waals surface area contributed by atoms with Gasteiger partial charge in [-0.3, -0.25) is 0 Å². The van der Waals surface area contributed by atoms with Gasteiger partial charge in [0, 0.05) is 25.2 Å². The lowest BCUT2D eigenvalue weighted by Crippen LogP contribution is -3.23. The van der Waals surface area contributed by atoms with E-state index < -0.39 is 0 Å². The number of nitrogens with zero attached hydrogens (tertiary/aromatic N) is 2. The number of fused-ring (bicyclic) bond motifs is 1. The minimum absolute atomic E-state index is 0.321. The van der Waals surface area contributed by atoms with E-state index in [1.165, 1.54) is 71.1 Å².